The van der Waals surface area contributed by atoms with Gasteiger partial charge in [-0.05, 0) is 52.7 Å². The van der Waals surface area contributed by atoms with E-state index < -0.39 is 11.3 Å². The molecule has 4 rings (SSSR count). The Kier molecular flexibility index (Phi) is 6.11. The number of aryl methyl sites for hydroxylation is 1. The third kappa shape index (κ3) is 4.50. The molecular formula is C24H16BrClO5. The van der Waals surface area contributed by atoms with E-state index in [1.165, 1.54) is 18.2 Å². The zero-order valence-electron chi connectivity index (χ0n) is 16.3. The molecule has 3 aromatic carbocycles. The summed E-state index contributed by atoms with van der Waals surface area (Å²) in [5.41, 5.74) is 0.580. The number of fused-ring (bicyclic) bond motifs is 1. The van der Waals surface area contributed by atoms with Crippen LogP contribution in [0.15, 0.2) is 86.5 Å². The van der Waals surface area contributed by atoms with Gasteiger partial charge in [0.1, 0.15) is 22.8 Å². The van der Waals surface area contributed by atoms with Crippen molar-refractivity contribution in [1.29, 1.82) is 0 Å². The maximum absolute atomic E-state index is 13.0. The van der Waals surface area contributed by atoms with Crippen molar-refractivity contribution >= 4 is 44.5 Å². The van der Waals surface area contributed by atoms with E-state index in [1.807, 2.05) is 18.2 Å². The van der Waals surface area contributed by atoms with Crippen LogP contribution in [0.2, 0.25) is 0 Å². The molecular weight excluding hydrogens is 484 g/mol. The van der Waals surface area contributed by atoms with E-state index in [2.05, 4.69) is 15.9 Å². The van der Waals surface area contributed by atoms with Crippen molar-refractivity contribution in [1.82, 2.24) is 0 Å². The van der Waals surface area contributed by atoms with Crippen LogP contribution in [0.4, 0.5) is 0 Å². The number of carbonyl (C=O) groups is 1. The Hall–Kier alpha value is -3.09. The Morgan fingerprint density at radius 2 is 1.74 bits per heavy atom. The highest BCUT2D eigenvalue weighted by Gasteiger charge is 2.21. The van der Waals surface area contributed by atoms with Crippen LogP contribution in [-0.2, 0) is 4.79 Å². The van der Waals surface area contributed by atoms with Crippen LogP contribution in [0.1, 0.15) is 16.7 Å². The van der Waals surface area contributed by atoms with Gasteiger partial charge in [0, 0.05) is 6.07 Å². The number of hydrogen-bond acceptors (Lipinski definition) is 5. The van der Waals surface area contributed by atoms with Crippen molar-refractivity contribution < 1.29 is 18.7 Å². The van der Waals surface area contributed by atoms with Crippen LogP contribution in [-0.4, -0.2) is 5.97 Å². The van der Waals surface area contributed by atoms with Gasteiger partial charge in [-0.15, -0.1) is 11.6 Å². The van der Waals surface area contributed by atoms with E-state index in [-0.39, 0.29) is 22.5 Å². The number of carbonyl (C=O) groups excluding carboxylic acids is 1. The van der Waals surface area contributed by atoms with E-state index in [0.717, 1.165) is 0 Å². The molecule has 0 radical (unpaired) electrons. The molecule has 5 nitrogen and oxygen atoms in total. The normalized spacial score (nSPS) is 11.8. The van der Waals surface area contributed by atoms with E-state index >= 15 is 0 Å². The summed E-state index contributed by atoms with van der Waals surface area (Å²) in [6.45, 7) is 1.63. The van der Waals surface area contributed by atoms with Gasteiger partial charge in [0.15, 0.2) is 5.38 Å². The highest BCUT2D eigenvalue weighted by atomic mass is 79.9. The van der Waals surface area contributed by atoms with Gasteiger partial charge in [-0.25, -0.2) is 4.79 Å². The molecule has 0 N–H and O–H groups in total. The van der Waals surface area contributed by atoms with Gasteiger partial charge in [0.2, 0.25) is 11.2 Å². The van der Waals surface area contributed by atoms with Crippen molar-refractivity contribution in [3.8, 4) is 17.2 Å². The molecule has 0 bridgehead atoms. The van der Waals surface area contributed by atoms with E-state index in [0.29, 0.717) is 26.9 Å². The zero-order valence-corrected chi connectivity index (χ0v) is 18.6. The Balaban J connectivity index is 1.62. The molecule has 0 spiro atoms. The predicted octanol–water partition coefficient (Wildman–Crippen LogP) is 6.54. The number of alkyl halides is 1. The van der Waals surface area contributed by atoms with E-state index in [9.17, 15) is 9.59 Å². The van der Waals surface area contributed by atoms with Gasteiger partial charge in [-0.3, -0.25) is 4.79 Å². The predicted molar refractivity (Wildman–Crippen MR) is 122 cm³/mol. The SMILES string of the molecule is Cc1oc2cc(OC(=O)C(Cl)c3ccccc3)ccc2c(=O)c1Oc1ccccc1Br. The lowest BCUT2D eigenvalue weighted by molar-refractivity contribution is -0.134. The Morgan fingerprint density at radius 3 is 2.48 bits per heavy atom. The maximum Gasteiger partial charge on any atom is 0.334 e. The zero-order chi connectivity index (χ0) is 22.0. The first kappa shape index (κ1) is 21.2. The van der Waals surface area contributed by atoms with Gasteiger partial charge >= 0.3 is 5.97 Å². The second-order valence-electron chi connectivity index (χ2n) is 6.70. The minimum absolute atomic E-state index is 0.0917. The average Bonchev–Trinajstić information content (AvgIpc) is 2.77. The topological polar surface area (TPSA) is 65.7 Å². The second kappa shape index (κ2) is 8.96. The molecule has 4 aromatic rings. The summed E-state index contributed by atoms with van der Waals surface area (Å²) in [5, 5.41) is -0.649. The average molecular weight is 500 g/mol. The smallest absolute Gasteiger partial charge is 0.334 e. The van der Waals surface area contributed by atoms with Crippen molar-refractivity contribution in [2.45, 2.75) is 12.3 Å². The standard InChI is InChI=1S/C24H16BrClO5/c1-14-23(31-19-10-6-5-9-18(19)25)22(27)17-12-11-16(13-20(17)29-14)30-24(28)21(26)15-7-3-2-4-8-15/h2-13,21H,1H3. The molecule has 0 aliphatic carbocycles. The summed E-state index contributed by atoms with van der Waals surface area (Å²) in [6, 6.07) is 20.6. The van der Waals surface area contributed by atoms with Crippen LogP contribution < -0.4 is 14.9 Å². The van der Waals surface area contributed by atoms with Crippen LogP contribution in [0.25, 0.3) is 11.0 Å². The second-order valence-corrected chi connectivity index (χ2v) is 7.99. The van der Waals surface area contributed by atoms with Crippen molar-refractivity contribution in [2.24, 2.45) is 0 Å². The Bertz CT molecular complexity index is 1320. The van der Waals surface area contributed by atoms with Crippen molar-refractivity contribution in [2.75, 3.05) is 0 Å². The Morgan fingerprint density at radius 1 is 1.03 bits per heavy atom. The Labute approximate surface area is 191 Å². The fourth-order valence-corrected chi connectivity index (χ4v) is 3.57. The van der Waals surface area contributed by atoms with E-state index in [4.69, 9.17) is 25.5 Å². The quantitative estimate of drug-likeness (QED) is 0.177. The maximum atomic E-state index is 13.0. The molecule has 1 unspecified atom stereocenters. The number of hydrogen-bond donors (Lipinski definition) is 0. The molecule has 7 heteroatoms. The first-order chi connectivity index (χ1) is 14.9. The fourth-order valence-electron chi connectivity index (χ4n) is 3.01. The van der Waals surface area contributed by atoms with Crippen LogP contribution in [0, 0.1) is 6.92 Å². The van der Waals surface area contributed by atoms with E-state index in [1.54, 1.807) is 43.3 Å². The molecule has 0 aliphatic heterocycles. The first-order valence-electron chi connectivity index (χ1n) is 9.34. The molecule has 0 fully saturated rings. The van der Waals surface area contributed by atoms with Gasteiger partial charge < -0.3 is 13.9 Å². The summed E-state index contributed by atoms with van der Waals surface area (Å²) in [7, 11) is 0. The summed E-state index contributed by atoms with van der Waals surface area (Å²) >= 11 is 9.61. The van der Waals surface area contributed by atoms with Gasteiger partial charge in [0.25, 0.3) is 0 Å². The van der Waals surface area contributed by atoms with Crippen LogP contribution in [0.3, 0.4) is 0 Å². The van der Waals surface area contributed by atoms with Crippen molar-refractivity contribution in [3.05, 3.63) is 98.8 Å². The minimum Gasteiger partial charge on any atom is -0.457 e. The summed E-state index contributed by atoms with van der Waals surface area (Å²) in [5.74, 6) is 0.489. The summed E-state index contributed by atoms with van der Waals surface area (Å²) in [6.07, 6.45) is 0. The largest absolute Gasteiger partial charge is 0.457 e. The monoisotopic (exact) mass is 498 g/mol. The van der Waals surface area contributed by atoms with Gasteiger partial charge in [-0.1, -0.05) is 42.5 Å². The molecule has 156 valence electrons. The minimum atomic E-state index is -0.953. The molecule has 1 aromatic heterocycles. The highest BCUT2D eigenvalue weighted by Crippen LogP contribution is 2.32. The lowest BCUT2D eigenvalue weighted by atomic mass is 10.1. The highest BCUT2D eigenvalue weighted by molar-refractivity contribution is 9.10. The number of benzene rings is 3. The van der Waals surface area contributed by atoms with Crippen LogP contribution >= 0.6 is 27.5 Å². The van der Waals surface area contributed by atoms with Crippen molar-refractivity contribution in [3.63, 3.8) is 0 Å². The van der Waals surface area contributed by atoms with Gasteiger partial charge in [-0.2, -0.15) is 0 Å². The number of para-hydroxylation sites is 1. The molecule has 0 aliphatic rings. The number of halogens is 2. The third-order valence-electron chi connectivity index (χ3n) is 4.55. The number of esters is 1. The molecule has 0 amide bonds. The molecule has 0 saturated carbocycles. The number of ether oxygens (including phenoxy) is 2. The number of rotatable bonds is 5. The van der Waals surface area contributed by atoms with Gasteiger partial charge in [0.05, 0.1) is 9.86 Å². The van der Waals surface area contributed by atoms with Crippen LogP contribution in [0.5, 0.6) is 17.2 Å². The molecule has 0 saturated heterocycles. The first-order valence-corrected chi connectivity index (χ1v) is 10.6. The summed E-state index contributed by atoms with van der Waals surface area (Å²) in [4.78, 5) is 25.4. The lowest BCUT2D eigenvalue weighted by Gasteiger charge is -2.12. The lowest BCUT2D eigenvalue weighted by Crippen LogP contribution is -2.14. The third-order valence-corrected chi connectivity index (χ3v) is 5.64. The summed E-state index contributed by atoms with van der Waals surface area (Å²) < 4.78 is 17.7. The molecule has 31 heavy (non-hydrogen) atoms. The molecule has 1 heterocycles. The molecule has 1 atom stereocenters. The fraction of sp³-hybridized carbons (Fsp3) is 0.0833.